The fraction of sp³-hybridized carbons (Fsp3) is 0.650. The molecule has 0 unspecified atom stereocenters. The number of carbonyl (C=O) groups excluding carboxylic acids is 1. The third-order valence-electron chi connectivity index (χ3n) is 5.42. The Morgan fingerprint density at radius 3 is 2.32 bits per heavy atom. The van der Waals surface area contributed by atoms with Crippen LogP contribution in [0.4, 0.5) is 4.79 Å². The van der Waals surface area contributed by atoms with Crippen LogP contribution in [0.5, 0.6) is 0 Å². The third kappa shape index (κ3) is 4.91. The van der Waals surface area contributed by atoms with Crippen LogP contribution in [0.1, 0.15) is 38.3 Å². The van der Waals surface area contributed by atoms with Gasteiger partial charge in [-0.2, -0.15) is 11.8 Å². The number of nitrogens with one attached hydrogen (secondary N) is 1. The summed E-state index contributed by atoms with van der Waals surface area (Å²) in [7, 11) is 0. The van der Waals surface area contributed by atoms with E-state index in [9.17, 15) is 4.79 Å². The Kier molecular flexibility index (Phi) is 6.65. The maximum Gasteiger partial charge on any atom is 0.317 e. The SMILES string of the molecule is CC(C)[C@@H](NC(=O)N1CCC(N2CCSCC2)CC1)c1ccccc1. The lowest BCUT2D eigenvalue weighted by Crippen LogP contribution is -2.51. The van der Waals surface area contributed by atoms with Gasteiger partial charge in [-0.05, 0) is 24.3 Å². The number of thioether (sulfide) groups is 1. The molecule has 0 aromatic heterocycles. The van der Waals surface area contributed by atoms with E-state index < -0.39 is 0 Å². The molecule has 25 heavy (non-hydrogen) atoms. The second-order valence-electron chi connectivity index (χ2n) is 7.45. The van der Waals surface area contributed by atoms with Gasteiger partial charge in [0.1, 0.15) is 0 Å². The van der Waals surface area contributed by atoms with E-state index in [-0.39, 0.29) is 12.1 Å². The molecule has 0 saturated carbocycles. The quantitative estimate of drug-likeness (QED) is 0.890. The molecular formula is C20H31N3OS. The second-order valence-corrected chi connectivity index (χ2v) is 8.67. The maximum atomic E-state index is 12.8. The van der Waals surface area contributed by atoms with Crippen molar-refractivity contribution in [1.82, 2.24) is 15.1 Å². The van der Waals surface area contributed by atoms with Gasteiger partial charge in [0.05, 0.1) is 6.04 Å². The molecule has 4 nitrogen and oxygen atoms in total. The van der Waals surface area contributed by atoms with Crippen LogP contribution in [0.25, 0.3) is 0 Å². The van der Waals surface area contributed by atoms with Gasteiger partial charge in [-0.15, -0.1) is 0 Å². The van der Waals surface area contributed by atoms with Gasteiger partial charge in [0, 0.05) is 43.7 Å². The summed E-state index contributed by atoms with van der Waals surface area (Å²) in [4.78, 5) is 17.4. The molecule has 3 rings (SSSR count). The Balaban J connectivity index is 1.53. The number of hydrogen-bond donors (Lipinski definition) is 1. The molecule has 2 fully saturated rings. The van der Waals surface area contributed by atoms with Crippen molar-refractivity contribution in [3.63, 3.8) is 0 Å². The van der Waals surface area contributed by atoms with Gasteiger partial charge in [0.25, 0.3) is 0 Å². The van der Waals surface area contributed by atoms with Gasteiger partial charge in [-0.25, -0.2) is 4.79 Å². The summed E-state index contributed by atoms with van der Waals surface area (Å²) < 4.78 is 0. The van der Waals surface area contributed by atoms with Crippen LogP contribution in [0.3, 0.4) is 0 Å². The predicted molar refractivity (Wildman–Crippen MR) is 106 cm³/mol. The van der Waals surface area contributed by atoms with E-state index >= 15 is 0 Å². The molecule has 1 aromatic carbocycles. The number of likely N-dealkylation sites (tertiary alicyclic amines) is 1. The van der Waals surface area contributed by atoms with Crippen molar-refractivity contribution < 1.29 is 4.79 Å². The van der Waals surface area contributed by atoms with Gasteiger partial charge in [-0.3, -0.25) is 4.90 Å². The zero-order valence-electron chi connectivity index (χ0n) is 15.5. The maximum absolute atomic E-state index is 12.8. The van der Waals surface area contributed by atoms with Crippen molar-refractivity contribution in [2.45, 2.75) is 38.8 Å². The molecule has 1 N–H and O–H groups in total. The largest absolute Gasteiger partial charge is 0.331 e. The van der Waals surface area contributed by atoms with Crippen LogP contribution in [0.15, 0.2) is 30.3 Å². The van der Waals surface area contributed by atoms with Crippen molar-refractivity contribution in [1.29, 1.82) is 0 Å². The fourth-order valence-corrected chi connectivity index (χ4v) is 4.83. The molecule has 0 bridgehead atoms. The normalized spacial score (nSPS) is 21.3. The highest BCUT2D eigenvalue weighted by Gasteiger charge is 2.29. The fourth-order valence-electron chi connectivity index (χ4n) is 3.90. The van der Waals surface area contributed by atoms with Crippen molar-refractivity contribution >= 4 is 17.8 Å². The summed E-state index contributed by atoms with van der Waals surface area (Å²) in [6, 6.07) is 11.1. The van der Waals surface area contributed by atoms with Crippen LogP contribution in [0.2, 0.25) is 0 Å². The van der Waals surface area contributed by atoms with Gasteiger partial charge < -0.3 is 10.2 Å². The van der Waals surface area contributed by atoms with Gasteiger partial charge in [0.15, 0.2) is 0 Å². The molecule has 0 spiro atoms. The van der Waals surface area contributed by atoms with Crippen LogP contribution in [0, 0.1) is 5.92 Å². The smallest absolute Gasteiger partial charge is 0.317 e. The average molecular weight is 362 g/mol. The molecule has 2 amide bonds. The third-order valence-corrected chi connectivity index (χ3v) is 6.36. The number of hydrogen-bond acceptors (Lipinski definition) is 3. The molecule has 1 aromatic rings. The summed E-state index contributed by atoms with van der Waals surface area (Å²) in [6.07, 6.45) is 2.21. The number of rotatable bonds is 4. The molecule has 2 heterocycles. The van der Waals surface area contributed by atoms with Crippen molar-refractivity contribution in [3.8, 4) is 0 Å². The van der Waals surface area contributed by atoms with Crippen molar-refractivity contribution in [2.24, 2.45) is 5.92 Å². The van der Waals surface area contributed by atoms with Gasteiger partial charge >= 0.3 is 6.03 Å². The minimum Gasteiger partial charge on any atom is -0.331 e. The minimum absolute atomic E-state index is 0.0746. The predicted octanol–water partition coefficient (Wildman–Crippen LogP) is 3.61. The number of piperidine rings is 1. The minimum atomic E-state index is 0.0746. The lowest BCUT2D eigenvalue weighted by molar-refractivity contribution is 0.122. The molecule has 2 aliphatic rings. The Morgan fingerprint density at radius 2 is 1.72 bits per heavy atom. The monoisotopic (exact) mass is 361 g/mol. The highest BCUT2D eigenvalue weighted by Crippen LogP contribution is 2.24. The second kappa shape index (κ2) is 8.95. The molecular weight excluding hydrogens is 330 g/mol. The lowest BCUT2D eigenvalue weighted by atomic mass is 9.96. The van der Waals surface area contributed by atoms with E-state index in [1.165, 1.54) is 30.2 Å². The topological polar surface area (TPSA) is 35.6 Å². The number of carbonyl (C=O) groups is 1. The molecule has 2 saturated heterocycles. The highest BCUT2D eigenvalue weighted by molar-refractivity contribution is 7.99. The molecule has 0 aliphatic carbocycles. The Bertz CT molecular complexity index is 537. The molecule has 5 heteroatoms. The number of nitrogens with zero attached hydrogens (tertiary/aromatic N) is 2. The van der Waals surface area contributed by atoms with Crippen molar-refractivity contribution in [2.75, 3.05) is 37.7 Å². The van der Waals surface area contributed by atoms with E-state index in [4.69, 9.17) is 0 Å². The van der Waals surface area contributed by atoms with Crippen molar-refractivity contribution in [3.05, 3.63) is 35.9 Å². The summed E-state index contributed by atoms with van der Waals surface area (Å²) in [5, 5.41) is 3.27. The number of amides is 2. The van der Waals surface area contributed by atoms with Crippen LogP contribution in [-0.2, 0) is 0 Å². The van der Waals surface area contributed by atoms with Crippen LogP contribution in [-0.4, -0.2) is 59.6 Å². The molecule has 138 valence electrons. The van der Waals surface area contributed by atoms with E-state index in [0.717, 1.165) is 25.9 Å². The zero-order chi connectivity index (χ0) is 17.6. The summed E-state index contributed by atoms with van der Waals surface area (Å²) in [5.41, 5.74) is 1.19. The van der Waals surface area contributed by atoms with E-state index in [0.29, 0.717) is 12.0 Å². The summed E-state index contributed by atoms with van der Waals surface area (Å²) in [5.74, 6) is 2.89. The van der Waals surface area contributed by atoms with Gasteiger partial charge in [-0.1, -0.05) is 44.2 Å². The first-order valence-electron chi connectivity index (χ1n) is 9.57. The van der Waals surface area contributed by atoms with Crippen LogP contribution >= 0.6 is 11.8 Å². The highest BCUT2D eigenvalue weighted by atomic mass is 32.2. The summed E-state index contributed by atoms with van der Waals surface area (Å²) in [6.45, 7) is 8.51. The van der Waals surface area contributed by atoms with E-state index in [1.807, 2.05) is 23.1 Å². The lowest BCUT2D eigenvalue weighted by Gasteiger charge is -2.40. The zero-order valence-corrected chi connectivity index (χ0v) is 16.3. The number of urea groups is 1. The molecule has 0 radical (unpaired) electrons. The Hall–Kier alpha value is -1.20. The first kappa shape index (κ1) is 18.6. The van der Waals surface area contributed by atoms with Crippen LogP contribution < -0.4 is 5.32 Å². The number of benzene rings is 1. The first-order valence-corrected chi connectivity index (χ1v) is 10.7. The van der Waals surface area contributed by atoms with Gasteiger partial charge in [0.2, 0.25) is 0 Å². The standard InChI is InChI=1S/C20H31N3OS/c1-16(2)19(17-6-4-3-5-7-17)21-20(24)23-10-8-18(9-11-23)22-12-14-25-15-13-22/h3-7,16,18-19H,8-15H2,1-2H3,(H,21,24)/t19-/m1/s1. The first-order chi connectivity index (χ1) is 12.1. The van der Waals surface area contributed by atoms with E-state index in [2.05, 4.69) is 48.0 Å². The molecule has 2 aliphatic heterocycles. The molecule has 1 atom stereocenters. The van der Waals surface area contributed by atoms with E-state index in [1.54, 1.807) is 0 Å². The Morgan fingerprint density at radius 1 is 1.08 bits per heavy atom. The summed E-state index contributed by atoms with van der Waals surface area (Å²) >= 11 is 2.06. The average Bonchev–Trinajstić information content (AvgIpc) is 2.67. The Labute approximate surface area is 156 Å².